The third-order valence-corrected chi connectivity index (χ3v) is 5.16. The van der Waals surface area contributed by atoms with Gasteiger partial charge in [-0.25, -0.2) is 13.2 Å². The molecule has 2 N–H and O–H groups in total. The average Bonchev–Trinajstić information content (AvgIpc) is 2.76. The minimum absolute atomic E-state index is 0.0493. The Bertz CT molecular complexity index is 697. The predicted octanol–water partition coefficient (Wildman–Crippen LogP) is 0.375. The molecule has 0 bridgehead atoms. The van der Waals surface area contributed by atoms with E-state index < -0.39 is 21.7 Å². The molecule has 1 atom stereocenters. The van der Waals surface area contributed by atoms with Gasteiger partial charge in [0.15, 0.2) is 16.4 Å². The molecule has 1 unspecified atom stereocenters. The summed E-state index contributed by atoms with van der Waals surface area (Å²) < 4.78 is 27.9. The average molecular weight is 327 g/mol. The molecule has 0 saturated carbocycles. The van der Waals surface area contributed by atoms with Crippen LogP contribution in [0.3, 0.4) is 0 Å². The van der Waals surface area contributed by atoms with Gasteiger partial charge in [0.1, 0.15) is 5.75 Å². The summed E-state index contributed by atoms with van der Waals surface area (Å²) in [5, 5.41) is 11.5. The summed E-state index contributed by atoms with van der Waals surface area (Å²) in [5.41, 5.74) is 0.782. The first-order valence-corrected chi connectivity index (χ1v) is 8.55. The lowest BCUT2D eigenvalue weighted by Crippen LogP contribution is -2.38. The molecule has 1 aliphatic rings. The zero-order valence-corrected chi connectivity index (χ0v) is 12.9. The highest BCUT2D eigenvalue weighted by molar-refractivity contribution is 7.91. The lowest BCUT2D eigenvalue weighted by molar-refractivity contribution is -0.123. The number of nitrogens with one attached hydrogen (secondary N) is 1. The van der Waals surface area contributed by atoms with E-state index in [-0.39, 0.29) is 29.7 Å². The molecule has 1 aliphatic heterocycles. The van der Waals surface area contributed by atoms with Crippen molar-refractivity contribution >= 4 is 21.7 Å². The Morgan fingerprint density at radius 1 is 1.41 bits per heavy atom. The van der Waals surface area contributed by atoms with E-state index in [1.165, 1.54) is 12.1 Å². The monoisotopic (exact) mass is 327 g/mol. The molecule has 1 aromatic carbocycles. The van der Waals surface area contributed by atoms with Crippen molar-refractivity contribution in [1.82, 2.24) is 5.32 Å². The van der Waals surface area contributed by atoms with E-state index in [9.17, 15) is 18.0 Å². The van der Waals surface area contributed by atoms with Gasteiger partial charge in [-0.05, 0) is 31.0 Å². The molecular weight excluding hydrogens is 310 g/mol. The number of carboxylic acids is 1. The second-order valence-electron chi connectivity index (χ2n) is 5.24. The van der Waals surface area contributed by atoms with Crippen molar-refractivity contribution in [1.29, 1.82) is 0 Å². The number of rotatable bonds is 5. The van der Waals surface area contributed by atoms with Crippen LogP contribution in [-0.2, 0) is 14.6 Å². The number of ether oxygens (including phenoxy) is 1. The number of aryl methyl sites for hydroxylation is 1. The number of carbonyl (C=O) groups excluding carboxylic acids is 1. The van der Waals surface area contributed by atoms with Crippen LogP contribution in [0, 0.1) is 6.92 Å². The Kier molecular flexibility index (Phi) is 4.70. The maximum absolute atomic E-state index is 11.8. The van der Waals surface area contributed by atoms with Crippen LogP contribution in [-0.4, -0.2) is 49.6 Å². The largest absolute Gasteiger partial charge is 0.483 e. The molecule has 22 heavy (non-hydrogen) atoms. The maximum atomic E-state index is 11.8. The van der Waals surface area contributed by atoms with Gasteiger partial charge in [-0.3, -0.25) is 4.79 Å². The van der Waals surface area contributed by atoms with E-state index in [0.717, 1.165) is 0 Å². The van der Waals surface area contributed by atoms with E-state index in [1.54, 1.807) is 13.0 Å². The molecule has 1 heterocycles. The Morgan fingerprint density at radius 3 is 2.73 bits per heavy atom. The Labute approximate surface area is 128 Å². The fourth-order valence-corrected chi connectivity index (χ4v) is 3.88. The zero-order valence-electron chi connectivity index (χ0n) is 12.0. The summed E-state index contributed by atoms with van der Waals surface area (Å²) in [6, 6.07) is 4.02. The van der Waals surface area contributed by atoms with E-state index in [2.05, 4.69) is 5.32 Å². The molecule has 7 nitrogen and oxygen atoms in total. The van der Waals surface area contributed by atoms with Crippen molar-refractivity contribution in [2.45, 2.75) is 19.4 Å². The predicted molar refractivity (Wildman–Crippen MR) is 78.8 cm³/mol. The molecule has 0 aliphatic carbocycles. The molecule has 120 valence electrons. The second-order valence-corrected chi connectivity index (χ2v) is 7.47. The van der Waals surface area contributed by atoms with Crippen LogP contribution in [0.15, 0.2) is 18.2 Å². The topological polar surface area (TPSA) is 110 Å². The van der Waals surface area contributed by atoms with Crippen LogP contribution in [0.25, 0.3) is 0 Å². The highest BCUT2D eigenvalue weighted by atomic mass is 32.2. The summed E-state index contributed by atoms with van der Waals surface area (Å²) in [5.74, 6) is -1.16. The van der Waals surface area contributed by atoms with Gasteiger partial charge in [0, 0.05) is 6.04 Å². The van der Waals surface area contributed by atoms with E-state index in [0.29, 0.717) is 17.7 Å². The summed E-state index contributed by atoms with van der Waals surface area (Å²) in [6.07, 6.45) is 0.404. The van der Waals surface area contributed by atoms with Crippen LogP contribution in [0.2, 0.25) is 0 Å². The van der Waals surface area contributed by atoms with Gasteiger partial charge in [-0.2, -0.15) is 0 Å². The van der Waals surface area contributed by atoms with Crippen molar-refractivity contribution < 1.29 is 27.9 Å². The van der Waals surface area contributed by atoms with Crippen LogP contribution in [0.4, 0.5) is 0 Å². The normalized spacial score (nSPS) is 19.6. The van der Waals surface area contributed by atoms with Gasteiger partial charge < -0.3 is 15.2 Å². The van der Waals surface area contributed by atoms with Crippen LogP contribution in [0.1, 0.15) is 22.3 Å². The SMILES string of the molecule is Cc1ccc(C(=O)O)cc1OCC(=O)NC1CCS(=O)(=O)C1. The van der Waals surface area contributed by atoms with Crippen LogP contribution in [0.5, 0.6) is 5.75 Å². The molecule has 1 aromatic rings. The third-order valence-electron chi connectivity index (χ3n) is 3.39. The van der Waals surface area contributed by atoms with Gasteiger partial charge in [-0.1, -0.05) is 6.07 Å². The minimum Gasteiger partial charge on any atom is -0.483 e. The van der Waals surface area contributed by atoms with Crippen LogP contribution >= 0.6 is 0 Å². The first-order valence-electron chi connectivity index (χ1n) is 6.73. The highest BCUT2D eigenvalue weighted by Gasteiger charge is 2.28. The van der Waals surface area contributed by atoms with E-state index >= 15 is 0 Å². The molecular formula is C14H17NO6S. The minimum atomic E-state index is -3.05. The molecule has 1 amide bonds. The fraction of sp³-hybridized carbons (Fsp3) is 0.429. The number of sulfone groups is 1. The Hall–Kier alpha value is -2.09. The van der Waals surface area contributed by atoms with Crippen molar-refractivity contribution in [3.63, 3.8) is 0 Å². The smallest absolute Gasteiger partial charge is 0.335 e. The number of benzene rings is 1. The van der Waals surface area contributed by atoms with Gasteiger partial charge in [0.25, 0.3) is 5.91 Å². The molecule has 0 radical (unpaired) electrons. The van der Waals surface area contributed by atoms with Crippen molar-refractivity contribution in [2.75, 3.05) is 18.1 Å². The van der Waals surface area contributed by atoms with Crippen molar-refractivity contribution in [3.8, 4) is 5.75 Å². The molecule has 0 aromatic heterocycles. The fourth-order valence-electron chi connectivity index (χ4n) is 2.21. The van der Waals surface area contributed by atoms with Crippen molar-refractivity contribution in [2.24, 2.45) is 0 Å². The first-order chi connectivity index (χ1) is 10.3. The Morgan fingerprint density at radius 2 is 2.14 bits per heavy atom. The zero-order chi connectivity index (χ0) is 16.3. The summed E-state index contributed by atoms with van der Waals surface area (Å²) >= 11 is 0. The summed E-state index contributed by atoms with van der Waals surface area (Å²) in [4.78, 5) is 22.7. The highest BCUT2D eigenvalue weighted by Crippen LogP contribution is 2.19. The number of carbonyl (C=O) groups is 2. The lowest BCUT2D eigenvalue weighted by Gasteiger charge is -2.13. The summed E-state index contributed by atoms with van der Waals surface area (Å²) in [6.45, 7) is 1.45. The number of aromatic carboxylic acids is 1. The number of carboxylic acid groups (broad SMARTS) is 1. The van der Waals surface area contributed by atoms with Crippen molar-refractivity contribution in [3.05, 3.63) is 29.3 Å². The van der Waals surface area contributed by atoms with Crippen LogP contribution < -0.4 is 10.1 Å². The van der Waals surface area contributed by atoms with Gasteiger partial charge in [0.2, 0.25) is 0 Å². The molecule has 8 heteroatoms. The number of hydrogen-bond donors (Lipinski definition) is 2. The standard InChI is InChI=1S/C14H17NO6S/c1-9-2-3-10(14(17)18)6-12(9)21-7-13(16)15-11-4-5-22(19,20)8-11/h2-3,6,11H,4-5,7-8H2,1H3,(H,15,16)(H,17,18). The third kappa shape index (κ3) is 4.20. The number of hydrogen-bond acceptors (Lipinski definition) is 5. The van der Waals surface area contributed by atoms with Gasteiger partial charge in [-0.15, -0.1) is 0 Å². The second kappa shape index (κ2) is 6.35. The number of amides is 1. The summed E-state index contributed by atoms with van der Waals surface area (Å²) in [7, 11) is -3.05. The molecule has 2 rings (SSSR count). The lowest BCUT2D eigenvalue weighted by atomic mass is 10.1. The Balaban J connectivity index is 1.91. The van der Waals surface area contributed by atoms with Gasteiger partial charge >= 0.3 is 5.97 Å². The van der Waals surface area contributed by atoms with E-state index in [4.69, 9.17) is 9.84 Å². The molecule has 1 fully saturated rings. The van der Waals surface area contributed by atoms with Gasteiger partial charge in [0.05, 0.1) is 17.1 Å². The van der Waals surface area contributed by atoms with E-state index in [1.807, 2.05) is 0 Å². The quantitative estimate of drug-likeness (QED) is 0.809. The maximum Gasteiger partial charge on any atom is 0.335 e. The first kappa shape index (κ1) is 16.3. The molecule has 1 saturated heterocycles. The molecule has 0 spiro atoms.